The summed E-state index contributed by atoms with van der Waals surface area (Å²) in [5.41, 5.74) is 0. The molecule has 0 saturated heterocycles. The Labute approximate surface area is 421 Å². The Balaban J connectivity index is 5.06. The Morgan fingerprint density at radius 3 is 1.69 bits per heavy atom. The van der Waals surface area contributed by atoms with Gasteiger partial charge in [0.2, 0.25) is 0 Å². The zero-order chi connectivity index (χ0) is 47.6. The van der Waals surface area contributed by atoms with Crippen LogP contribution in [-0.2, 0) is 24.1 Å². The molecule has 0 rings (SSSR count). The van der Waals surface area contributed by atoms with E-state index < -0.39 is 101 Å². The van der Waals surface area contributed by atoms with E-state index >= 15 is 0 Å². The van der Waals surface area contributed by atoms with Crippen molar-refractivity contribution in [3.05, 3.63) is 12.2 Å². The number of halogens is 10. The van der Waals surface area contributed by atoms with E-state index in [0.29, 0.717) is 6.42 Å². The van der Waals surface area contributed by atoms with E-state index in [4.69, 9.17) is 130 Å². The fourth-order valence-corrected chi connectivity index (χ4v) is 10.5. The van der Waals surface area contributed by atoms with Crippen LogP contribution in [0.2, 0.25) is 0 Å². The van der Waals surface area contributed by atoms with Crippen molar-refractivity contribution in [3.63, 3.8) is 0 Å². The molecule has 14 atom stereocenters. The number of allylic oxidation sites excluding steroid dienone is 1. The van der Waals surface area contributed by atoms with Crippen molar-refractivity contribution < 1.29 is 47.1 Å². The van der Waals surface area contributed by atoms with Crippen LogP contribution in [-0.4, -0.2) is 124 Å². The Morgan fingerprint density at radius 2 is 1.19 bits per heavy atom. The third-order valence-electron chi connectivity index (χ3n) is 10.5. The second-order valence-corrected chi connectivity index (χ2v) is 23.1. The lowest BCUT2D eigenvalue weighted by Crippen LogP contribution is -2.48. The Kier molecular flexibility index (Phi) is 36.0. The molecule has 0 saturated carbocycles. The molecule has 370 valence electrons. The van der Waals surface area contributed by atoms with E-state index in [1.54, 1.807) is 26.0 Å². The van der Waals surface area contributed by atoms with Gasteiger partial charge in [-0.25, -0.2) is 4.18 Å². The van der Waals surface area contributed by atoms with Crippen LogP contribution in [0.4, 0.5) is 0 Å². The van der Waals surface area contributed by atoms with Gasteiger partial charge in [0.15, 0.2) is 0 Å². The molecule has 0 aromatic rings. The maximum Gasteiger partial charge on any atom is 0.397 e. The fourth-order valence-electron chi connectivity index (χ4n) is 6.66. The molecule has 21 heteroatoms. The molecular weight excluding hydrogens is 1040 g/mol. The molecule has 0 heterocycles. The van der Waals surface area contributed by atoms with Gasteiger partial charge in [0.05, 0.1) is 74.0 Å². The van der Waals surface area contributed by atoms with Crippen LogP contribution >= 0.6 is 116 Å². The molecule has 0 aliphatic carbocycles. The Morgan fingerprint density at radius 1 is 0.694 bits per heavy atom. The molecule has 0 amide bonds. The monoisotopic (exact) mass is 1100 g/mol. The van der Waals surface area contributed by atoms with Crippen molar-refractivity contribution in [2.24, 2.45) is 5.92 Å². The number of esters is 1. The molecule has 0 aliphatic rings. The van der Waals surface area contributed by atoms with Crippen LogP contribution in [0.25, 0.3) is 0 Å². The first-order valence-electron chi connectivity index (χ1n) is 21.6. The second-order valence-electron chi connectivity index (χ2n) is 16.2. The van der Waals surface area contributed by atoms with E-state index in [9.17, 15) is 33.1 Å². The average Bonchev–Trinajstić information content (AvgIpc) is 3.20. The van der Waals surface area contributed by atoms with Crippen LogP contribution in [0, 0.1) is 5.92 Å². The third-order valence-corrected chi connectivity index (χ3v) is 16.3. The molecule has 0 fully saturated rings. The second kappa shape index (κ2) is 35.0. The first-order chi connectivity index (χ1) is 28.9. The molecule has 0 aliphatic heterocycles. The number of ether oxygens (including phenoxy) is 1. The first-order valence-corrected chi connectivity index (χ1v) is 27.2. The number of hydrogen-bond donors (Lipinski definition) is 5. The number of alkyl halides is 10. The van der Waals surface area contributed by atoms with Gasteiger partial charge >= 0.3 is 16.4 Å². The van der Waals surface area contributed by atoms with Crippen LogP contribution in [0.5, 0.6) is 0 Å². The quantitative estimate of drug-likeness (QED) is 0.0132. The number of hydrogen-bond acceptors (Lipinski definition) is 9. The van der Waals surface area contributed by atoms with Crippen LogP contribution < -0.4 is 0 Å². The van der Waals surface area contributed by atoms with E-state index in [0.717, 1.165) is 19.3 Å². The lowest BCUT2D eigenvalue weighted by atomic mass is 9.91. The molecule has 0 aromatic carbocycles. The van der Waals surface area contributed by atoms with Crippen molar-refractivity contribution in [1.29, 1.82) is 0 Å². The normalized spacial score (nSPS) is 19.7. The van der Waals surface area contributed by atoms with Crippen molar-refractivity contribution in [2.45, 2.75) is 221 Å². The van der Waals surface area contributed by atoms with E-state index in [2.05, 4.69) is 6.92 Å². The molecule has 62 heavy (non-hydrogen) atoms. The predicted molar refractivity (Wildman–Crippen MR) is 260 cm³/mol. The molecule has 0 spiro atoms. The SMILES string of the molecule is CCCCCCCCCCCCCCCC(=O)OC(C)C=CCC(Cl)C(Cl)C(CC(C)C(Cl)C(O)C(Cl)C(Cl)C(Cl)C(O)C(Cl)CC(Cl)(Cl)CCC(Cl)C(O)CO)OS(=O)(=O)O. The average molecular weight is 1110 g/mol. The number of carbonyl (C=O) groups excluding carboxylic acids is 1. The molecule has 10 nitrogen and oxygen atoms in total. The topological polar surface area (TPSA) is 171 Å². The lowest BCUT2D eigenvalue weighted by Gasteiger charge is -2.35. The van der Waals surface area contributed by atoms with Gasteiger partial charge in [-0.2, -0.15) is 8.42 Å². The fraction of sp³-hybridized carbons (Fsp3) is 0.927. The van der Waals surface area contributed by atoms with Gasteiger partial charge in [-0.05, 0) is 57.4 Å². The lowest BCUT2D eigenvalue weighted by molar-refractivity contribution is -0.146. The first kappa shape index (κ1) is 63.8. The molecule has 5 N–H and O–H groups in total. The van der Waals surface area contributed by atoms with Gasteiger partial charge in [-0.3, -0.25) is 9.35 Å². The van der Waals surface area contributed by atoms with Gasteiger partial charge < -0.3 is 25.2 Å². The van der Waals surface area contributed by atoms with E-state index in [-0.39, 0.29) is 38.1 Å². The number of aliphatic hydroxyl groups is 4. The number of unbranched alkanes of at least 4 members (excludes halogenated alkanes) is 12. The number of rotatable bonds is 38. The minimum atomic E-state index is -5.02. The zero-order valence-corrected chi connectivity index (χ0v) is 44.2. The van der Waals surface area contributed by atoms with Gasteiger partial charge in [-0.15, -0.1) is 116 Å². The third kappa shape index (κ3) is 29.0. The van der Waals surface area contributed by atoms with Crippen LogP contribution in [0.15, 0.2) is 12.2 Å². The highest BCUT2D eigenvalue weighted by molar-refractivity contribution is 7.80. The summed E-state index contributed by atoms with van der Waals surface area (Å²) in [5.74, 6) is -1.10. The maximum absolute atomic E-state index is 12.4. The minimum absolute atomic E-state index is 0.0414. The minimum Gasteiger partial charge on any atom is -0.458 e. The summed E-state index contributed by atoms with van der Waals surface area (Å²) in [5, 5.41) is 31.3. The largest absolute Gasteiger partial charge is 0.458 e. The van der Waals surface area contributed by atoms with Gasteiger partial charge in [0.1, 0.15) is 10.4 Å². The highest BCUT2D eigenvalue weighted by atomic mass is 35.5. The van der Waals surface area contributed by atoms with Crippen molar-refractivity contribution in [1.82, 2.24) is 0 Å². The zero-order valence-electron chi connectivity index (χ0n) is 35.8. The summed E-state index contributed by atoms with van der Waals surface area (Å²) in [7, 11) is -5.02. The summed E-state index contributed by atoms with van der Waals surface area (Å²) in [6.07, 6.45) is 12.8. The van der Waals surface area contributed by atoms with E-state index in [1.807, 2.05) is 0 Å². The Bertz CT molecular complexity index is 1310. The smallest absolute Gasteiger partial charge is 0.397 e. The van der Waals surface area contributed by atoms with Crippen LogP contribution in [0.1, 0.15) is 143 Å². The predicted octanol–water partition coefficient (Wildman–Crippen LogP) is 11.8. The van der Waals surface area contributed by atoms with Crippen molar-refractivity contribution in [3.8, 4) is 0 Å². The summed E-state index contributed by atoms with van der Waals surface area (Å²) in [6.45, 7) is 4.92. The summed E-state index contributed by atoms with van der Waals surface area (Å²) in [6, 6.07) is 0. The van der Waals surface area contributed by atoms with Gasteiger partial charge in [-0.1, -0.05) is 97.0 Å². The van der Waals surface area contributed by atoms with Crippen molar-refractivity contribution >= 4 is 132 Å². The molecule has 14 unspecified atom stereocenters. The van der Waals surface area contributed by atoms with Gasteiger partial charge in [0.25, 0.3) is 0 Å². The Hall–Kier alpha value is 1.82. The molecule has 0 radical (unpaired) electrons. The summed E-state index contributed by atoms with van der Waals surface area (Å²) >= 11 is 64.3. The highest BCUT2D eigenvalue weighted by Gasteiger charge is 2.43. The number of carbonyl (C=O) groups is 1. The van der Waals surface area contributed by atoms with Crippen LogP contribution in [0.3, 0.4) is 0 Å². The van der Waals surface area contributed by atoms with Crippen molar-refractivity contribution in [2.75, 3.05) is 6.61 Å². The standard InChI is InChI=1S/C41H70Cl10O10S/c1-4-5-6-7-8-9-10-11-12-13-14-15-16-20-33(54)60-27(3)18-17-19-29(43)35(46)32(61-62(57,58)59)23-26(2)34(45)40(56)38(49)36(47)37(48)39(55)30(44)24-41(50,51)22-21-28(42)31(53)25-52/h17-18,26-32,34-40,52-53,55-56H,4-16,19-25H2,1-3H3,(H,57,58,59). The van der Waals surface area contributed by atoms with Gasteiger partial charge in [0, 0.05) is 6.42 Å². The molecule has 0 aromatic heterocycles. The highest BCUT2D eigenvalue weighted by Crippen LogP contribution is 2.39. The number of aliphatic hydroxyl groups excluding tert-OH is 4. The summed E-state index contributed by atoms with van der Waals surface area (Å²) in [4.78, 5) is 12.4. The summed E-state index contributed by atoms with van der Waals surface area (Å²) < 4.78 is 42.0. The molecule has 0 bridgehead atoms. The molecular formula is C41H70Cl10O10S. The maximum atomic E-state index is 12.4. The van der Waals surface area contributed by atoms with E-state index in [1.165, 1.54) is 64.2 Å².